The van der Waals surface area contributed by atoms with Crippen LogP contribution in [0.25, 0.3) is 0 Å². The Morgan fingerprint density at radius 3 is 3.00 bits per heavy atom. The Hall–Kier alpha value is -0.480. The lowest BCUT2D eigenvalue weighted by atomic mass is 10.4. The molecule has 1 fully saturated rings. The van der Waals surface area contributed by atoms with Crippen LogP contribution >= 0.6 is 11.5 Å². The third kappa shape index (κ3) is 1.57. The van der Waals surface area contributed by atoms with Crippen molar-refractivity contribution >= 4 is 11.5 Å². The van der Waals surface area contributed by atoms with E-state index in [1.165, 1.54) is 24.4 Å². The van der Waals surface area contributed by atoms with E-state index in [0.717, 1.165) is 17.3 Å². The van der Waals surface area contributed by atoms with Crippen LogP contribution in [0.1, 0.15) is 29.6 Å². The van der Waals surface area contributed by atoms with Gasteiger partial charge >= 0.3 is 0 Å². The molecule has 1 aliphatic rings. The van der Waals surface area contributed by atoms with Crippen molar-refractivity contribution in [2.75, 3.05) is 6.54 Å². The molecule has 0 aliphatic heterocycles. The lowest BCUT2D eigenvalue weighted by Gasteiger charge is -1.86. The zero-order valence-corrected chi connectivity index (χ0v) is 7.10. The van der Waals surface area contributed by atoms with E-state index in [4.69, 9.17) is 5.73 Å². The molecule has 0 atom stereocenters. The van der Waals surface area contributed by atoms with Gasteiger partial charge in [-0.15, -0.1) is 0 Å². The van der Waals surface area contributed by atoms with E-state index >= 15 is 0 Å². The van der Waals surface area contributed by atoms with Crippen LogP contribution in [0.15, 0.2) is 0 Å². The van der Waals surface area contributed by atoms with Gasteiger partial charge in [-0.3, -0.25) is 0 Å². The van der Waals surface area contributed by atoms with E-state index in [2.05, 4.69) is 9.36 Å². The zero-order chi connectivity index (χ0) is 7.68. The molecule has 0 spiro atoms. The maximum Gasteiger partial charge on any atom is 0.145 e. The molecule has 60 valence electrons. The Morgan fingerprint density at radius 1 is 1.55 bits per heavy atom. The van der Waals surface area contributed by atoms with E-state index < -0.39 is 0 Å². The van der Waals surface area contributed by atoms with Gasteiger partial charge in [0.25, 0.3) is 0 Å². The topological polar surface area (TPSA) is 51.8 Å². The number of hydrogen-bond donors (Lipinski definition) is 1. The van der Waals surface area contributed by atoms with Gasteiger partial charge in [0.1, 0.15) is 10.8 Å². The number of hydrogen-bond acceptors (Lipinski definition) is 4. The minimum Gasteiger partial charge on any atom is -0.330 e. The first-order chi connectivity index (χ1) is 5.40. The normalized spacial score (nSPS) is 17.2. The van der Waals surface area contributed by atoms with Crippen LogP contribution in [0.2, 0.25) is 0 Å². The van der Waals surface area contributed by atoms with Crippen molar-refractivity contribution in [3.63, 3.8) is 0 Å². The molecule has 4 heteroatoms. The van der Waals surface area contributed by atoms with Crippen LogP contribution in [-0.4, -0.2) is 15.9 Å². The molecule has 2 rings (SSSR count). The zero-order valence-electron chi connectivity index (χ0n) is 6.29. The Morgan fingerprint density at radius 2 is 2.36 bits per heavy atom. The molecule has 0 saturated heterocycles. The van der Waals surface area contributed by atoms with Gasteiger partial charge in [-0.05, 0) is 30.9 Å². The fraction of sp³-hybridized carbons (Fsp3) is 0.714. The first-order valence-electron chi connectivity index (χ1n) is 3.92. The predicted molar refractivity (Wildman–Crippen MR) is 44.6 cm³/mol. The average molecular weight is 169 g/mol. The summed E-state index contributed by atoms with van der Waals surface area (Å²) >= 11 is 1.50. The molecule has 11 heavy (non-hydrogen) atoms. The summed E-state index contributed by atoms with van der Waals surface area (Å²) in [5.74, 6) is 1.73. The van der Waals surface area contributed by atoms with Crippen LogP contribution in [0.5, 0.6) is 0 Å². The van der Waals surface area contributed by atoms with Crippen molar-refractivity contribution in [2.24, 2.45) is 5.73 Å². The van der Waals surface area contributed by atoms with E-state index in [-0.39, 0.29) is 0 Å². The second-order valence-corrected chi connectivity index (χ2v) is 3.70. The molecule has 1 aliphatic carbocycles. The second kappa shape index (κ2) is 2.87. The third-order valence-corrected chi connectivity index (χ3v) is 2.57. The summed E-state index contributed by atoms with van der Waals surface area (Å²) < 4.78 is 4.27. The van der Waals surface area contributed by atoms with Crippen molar-refractivity contribution in [3.8, 4) is 0 Å². The Balaban J connectivity index is 2.06. The summed E-state index contributed by atoms with van der Waals surface area (Å²) in [6.45, 7) is 0.680. The molecule has 3 nitrogen and oxygen atoms in total. The van der Waals surface area contributed by atoms with Gasteiger partial charge in [-0.25, -0.2) is 4.98 Å². The Kier molecular flexibility index (Phi) is 1.87. The minimum absolute atomic E-state index is 0.678. The van der Waals surface area contributed by atoms with Gasteiger partial charge in [-0.1, -0.05) is 0 Å². The molecular formula is C7H11N3S. The number of aromatic nitrogens is 2. The van der Waals surface area contributed by atoms with Crippen LogP contribution < -0.4 is 5.73 Å². The Bertz CT molecular complexity index is 242. The molecule has 1 aromatic heterocycles. The fourth-order valence-electron chi connectivity index (χ4n) is 1.00. The average Bonchev–Trinajstić information content (AvgIpc) is 2.75. The van der Waals surface area contributed by atoms with Crippen LogP contribution in [-0.2, 0) is 6.42 Å². The smallest absolute Gasteiger partial charge is 0.145 e. The molecule has 1 saturated carbocycles. The van der Waals surface area contributed by atoms with Crippen LogP contribution in [0, 0.1) is 0 Å². The first kappa shape index (κ1) is 7.18. The maximum absolute atomic E-state index is 5.40. The summed E-state index contributed by atoms with van der Waals surface area (Å²) in [5, 5.41) is 1.09. The van der Waals surface area contributed by atoms with E-state index in [1.54, 1.807) is 0 Å². The first-order valence-corrected chi connectivity index (χ1v) is 4.70. The largest absolute Gasteiger partial charge is 0.330 e. The third-order valence-electron chi connectivity index (χ3n) is 1.78. The molecule has 0 bridgehead atoms. The van der Waals surface area contributed by atoms with Gasteiger partial charge in [0.05, 0.1) is 0 Å². The highest BCUT2D eigenvalue weighted by Gasteiger charge is 2.27. The maximum atomic E-state index is 5.40. The molecule has 1 heterocycles. The molecule has 0 amide bonds. The van der Waals surface area contributed by atoms with Gasteiger partial charge in [0, 0.05) is 12.3 Å². The number of rotatable bonds is 3. The quantitative estimate of drug-likeness (QED) is 0.732. The van der Waals surface area contributed by atoms with E-state index in [0.29, 0.717) is 12.5 Å². The SMILES string of the molecule is NCCc1nc(C2CC2)ns1. The highest BCUT2D eigenvalue weighted by Crippen LogP contribution is 2.38. The van der Waals surface area contributed by atoms with E-state index in [9.17, 15) is 0 Å². The summed E-state index contributed by atoms with van der Waals surface area (Å²) in [6, 6.07) is 0. The molecule has 1 aromatic rings. The molecular weight excluding hydrogens is 158 g/mol. The standard InChI is InChI=1S/C7H11N3S/c8-4-3-6-9-7(10-11-6)5-1-2-5/h5H,1-4,8H2. The highest BCUT2D eigenvalue weighted by molar-refractivity contribution is 7.05. The van der Waals surface area contributed by atoms with Crippen molar-refractivity contribution in [1.82, 2.24) is 9.36 Å². The second-order valence-electron chi connectivity index (χ2n) is 2.86. The number of nitrogens with two attached hydrogens (primary N) is 1. The molecule has 2 N–H and O–H groups in total. The van der Waals surface area contributed by atoms with Crippen LogP contribution in [0.4, 0.5) is 0 Å². The monoisotopic (exact) mass is 169 g/mol. The Labute approximate surface area is 69.8 Å². The van der Waals surface area contributed by atoms with Crippen molar-refractivity contribution in [2.45, 2.75) is 25.2 Å². The summed E-state index contributed by atoms with van der Waals surface area (Å²) in [6.07, 6.45) is 3.43. The molecule has 0 unspecified atom stereocenters. The van der Waals surface area contributed by atoms with Gasteiger partial charge in [-0.2, -0.15) is 4.37 Å². The van der Waals surface area contributed by atoms with Crippen molar-refractivity contribution in [1.29, 1.82) is 0 Å². The lowest BCUT2D eigenvalue weighted by molar-refractivity contribution is 0.911. The lowest BCUT2D eigenvalue weighted by Crippen LogP contribution is -2.02. The summed E-state index contributed by atoms with van der Waals surface area (Å²) in [5.41, 5.74) is 5.40. The van der Waals surface area contributed by atoms with Crippen molar-refractivity contribution in [3.05, 3.63) is 10.8 Å². The highest BCUT2D eigenvalue weighted by atomic mass is 32.1. The minimum atomic E-state index is 0.678. The van der Waals surface area contributed by atoms with E-state index in [1.807, 2.05) is 0 Å². The summed E-state index contributed by atoms with van der Waals surface area (Å²) in [7, 11) is 0. The molecule has 0 aromatic carbocycles. The van der Waals surface area contributed by atoms with Gasteiger partial charge in [0.15, 0.2) is 0 Å². The van der Waals surface area contributed by atoms with Gasteiger partial charge in [0.2, 0.25) is 0 Å². The number of nitrogens with zero attached hydrogens (tertiary/aromatic N) is 2. The summed E-state index contributed by atoms with van der Waals surface area (Å²) in [4.78, 5) is 4.39. The van der Waals surface area contributed by atoms with Gasteiger partial charge < -0.3 is 5.73 Å². The fourth-order valence-corrected chi connectivity index (χ4v) is 1.73. The van der Waals surface area contributed by atoms with Crippen LogP contribution in [0.3, 0.4) is 0 Å². The molecule has 0 radical (unpaired) electrons. The van der Waals surface area contributed by atoms with Crippen molar-refractivity contribution < 1.29 is 0 Å². The predicted octanol–water partition coefficient (Wildman–Crippen LogP) is 0.917.